The van der Waals surface area contributed by atoms with Gasteiger partial charge in [0.25, 0.3) is 5.91 Å². The second-order valence-electron chi connectivity index (χ2n) is 5.87. The van der Waals surface area contributed by atoms with Crippen molar-refractivity contribution < 1.29 is 22.5 Å². The van der Waals surface area contributed by atoms with E-state index in [1.165, 1.54) is 28.9 Å². The minimum atomic E-state index is -4.74. The number of hydrogen-bond donors (Lipinski definition) is 1. The molecule has 29 heavy (non-hydrogen) atoms. The second-order valence-corrected chi connectivity index (χ2v) is 5.87. The van der Waals surface area contributed by atoms with Gasteiger partial charge >= 0.3 is 12.1 Å². The zero-order valence-electron chi connectivity index (χ0n) is 14.3. The highest BCUT2D eigenvalue weighted by Crippen LogP contribution is 2.29. The molecule has 1 aromatic carbocycles. The number of imidazole rings is 1. The van der Waals surface area contributed by atoms with E-state index in [9.17, 15) is 18.0 Å². The number of halogens is 3. The Morgan fingerprint density at radius 2 is 1.86 bits per heavy atom. The van der Waals surface area contributed by atoms with Crippen molar-refractivity contribution >= 4 is 17.2 Å². The van der Waals surface area contributed by atoms with Gasteiger partial charge in [-0.3, -0.25) is 4.79 Å². The quantitative estimate of drug-likeness (QED) is 0.566. The molecule has 1 amide bonds. The smallest absolute Gasteiger partial charge is 0.329 e. The van der Waals surface area contributed by atoms with Crippen molar-refractivity contribution in [1.82, 2.24) is 19.5 Å². The molecule has 0 radical (unpaired) electrons. The predicted octanol–water partition coefficient (Wildman–Crippen LogP) is 3.53. The van der Waals surface area contributed by atoms with E-state index in [4.69, 9.17) is 5.26 Å². The van der Waals surface area contributed by atoms with E-state index in [2.05, 4.69) is 25.0 Å². The van der Waals surface area contributed by atoms with Crippen LogP contribution >= 0.6 is 0 Å². The summed E-state index contributed by atoms with van der Waals surface area (Å²) in [5.74, 6) is -2.17. The van der Waals surface area contributed by atoms with Gasteiger partial charge in [0.15, 0.2) is 0 Å². The molecule has 0 aliphatic rings. The molecule has 3 heterocycles. The van der Waals surface area contributed by atoms with E-state index >= 15 is 0 Å². The SMILES string of the molecule is N#Cc1ccc(NC(=O)c2cn3cc(-c4noc(C(F)(F)F)n4)ccc3n2)cc1. The molecule has 0 saturated carbocycles. The minimum absolute atomic E-state index is 0.0932. The maximum absolute atomic E-state index is 12.6. The highest BCUT2D eigenvalue weighted by atomic mass is 19.4. The van der Waals surface area contributed by atoms with Crippen molar-refractivity contribution in [3.05, 3.63) is 65.9 Å². The average molecular weight is 398 g/mol. The number of nitriles is 1. The van der Waals surface area contributed by atoms with E-state index in [0.717, 1.165) is 0 Å². The number of fused-ring (bicyclic) bond motifs is 1. The number of anilines is 1. The van der Waals surface area contributed by atoms with Crippen LogP contribution in [-0.4, -0.2) is 25.4 Å². The van der Waals surface area contributed by atoms with Gasteiger partial charge in [0.05, 0.1) is 11.6 Å². The Balaban J connectivity index is 1.58. The van der Waals surface area contributed by atoms with Crippen LogP contribution < -0.4 is 5.32 Å². The third-order valence-corrected chi connectivity index (χ3v) is 3.88. The molecule has 0 bridgehead atoms. The summed E-state index contributed by atoms with van der Waals surface area (Å²) in [5.41, 5.74) is 1.69. The number of benzene rings is 1. The van der Waals surface area contributed by atoms with Gasteiger partial charge in [-0.15, -0.1) is 0 Å². The van der Waals surface area contributed by atoms with Gasteiger partial charge in [-0.1, -0.05) is 5.16 Å². The molecule has 0 spiro atoms. The van der Waals surface area contributed by atoms with Gasteiger partial charge in [-0.2, -0.15) is 23.4 Å². The Kier molecular flexibility index (Phi) is 4.23. The number of nitrogens with zero attached hydrogens (tertiary/aromatic N) is 5. The molecule has 144 valence electrons. The maximum atomic E-state index is 12.6. The zero-order valence-corrected chi connectivity index (χ0v) is 14.3. The number of carbonyl (C=O) groups excluding carboxylic acids is 1. The molecule has 0 aliphatic carbocycles. The van der Waals surface area contributed by atoms with Crippen LogP contribution in [0.2, 0.25) is 0 Å². The number of pyridine rings is 1. The Morgan fingerprint density at radius 3 is 2.52 bits per heavy atom. The molecule has 0 unspecified atom stereocenters. The molecule has 1 N–H and O–H groups in total. The van der Waals surface area contributed by atoms with E-state index in [1.807, 2.05) is 6.07 Å². The number of alkyl halides is 3. The summed E-state index contributed by atoms with van der Waals surface area (Å²) in [6.07, 6.45) is -1.88. The molecule has 0 atom stereocenters. The third kappa shape index (κ3) is 3.63. The largest absolute Gasteiger partial charge is 0.471 e. The number of rotatable bonds is 3. The summed E-state index contributed by atoms with van der Waals surface area (Å²) in [6, 6.07) is 11.2. The van der Waals surface area contributed by atoms with Crippen molar-refractivity contribution in [2.75, 3.05) is 5.32 Å². The summed E-state index contributed by atoms with van der Waals surface area (Å²) >= 11 is 0. The highest BCUT2D eigenvalue weighted by molar-refractivity contribution is 6.03. The van der Waals surface area contributed by atoms with Crippen LogP contribution in [-0.2, 0) is 6.18 Å². The van der Waals surface area contributed by atoms with Crippen molar-refractivity contribution in [3.8, 4) is 17.5 Å². The van der Waals surface area contributed by atoms with Crippen LogP contribution in [0.15, 0.2) is 53.3 Å². The summed E-state index contributed by atoms with van der Waals surface area (Å²) < 4.78 is 43.5. The Hall–Kier alpha value is -4.20. The summed E-state index contributed by atoms with van der Waals surface area (Å²) in [7, 11) is 0. The normalized spacial score (nSPS) is 11.4. The van der Waals surface area contributed by atoms with Gasteiger partial charge in [-0.25, -0.2) is 4.98 Å². The van der Waals surface area contributed by atoms with E-state index in [1.54, 1.807) is 24.3 Å². The number of carbonyl (C=O) groups is 1. The molecular weight excluding hydrogens is 389 g/mol. The molecule has 4 rings (SSSR count). The number of aromatic nitrogens is 4. The maximum Gasteiger partial charge on any atom is 0.471 e. The van der Waals surface area contributed by atoms with Crippen LogP contribution in [0.3, 0.4) is 0 Å². The predicted molar refractivity (Wildman–Crippen MR) is 92.6 cm³/mol. The van der Waals surface area contributed by atoms with Crippen molar-refractivity contribution in [2.24, 2.45) is 0 Å². The molecule has 3 aromatic heterocycles. The van der Waals surface area contributed by atoms with E-state index in [-0.39, 0.29) is 17.1 Å². The van der Waals surface area contributed by atoms with Gasteiger partial charge in [0, 0.05) is 23.6 Å². The van der Waals surface area contributed by atoms with Crippen LogP contribution in [0.25, 0.3) is 17.0 Å². The summed E-state index contributed by atoms with van der Waals surface area (Å²) in [5, 5.41) is 14.8. The topological polar surface area (TPSA) is 109 Å². The molecule has 0 aliphatic heterocycles. The first kappa shape index (κ1) is 18.2. The third-order valence-electron chi connectivity index (χ3n) is 3.88. The van der Waals surface area contributed by atoms with Crippen LogP contribution in [0.4, 0.5) is 18.9 Å². The van der Waals surface area contributed by atoms with Crippen molar-refractivity contribution in [3.63, 3.8) is 0 Å². The first-order chi connectivity index (χ1) is 13.8. The first-order valence-corrected chi connectivity index (χ1v) is 8.05. The van der Waals surface area contributed by atoms with E-state index in [0.29, 0.717) is 16.9 Å². The number of hydrogen-bond acceptors (Lipinski definition) is 6. The molecule has 11 heteroatoms. The fourth-order valence-electron chi connectivity index (χ4n) is 2.51. The fourth-order valence-corrected chi connectivity index (χ4v) is 2.51. The Labute approximate surface area is 160 Å². The van der Waals surface area contributed by atoms with Crippen LogP contribution in [0, 0.1) is 11.3 Å². The Morgan fingerprint density at radius 1 is 1.10 bits per heavy atom. The lowest BCUT2D eigenvalue weighted by Gasteiger charge is -2.02. The molecule has 4 aromatic rings. The first-order valence-electron chi connectivity index (χ1n) is 8.05. The second kappa shape index (κ2) is 6.75. The molecule has 0 fully saturated rings. The zero-order chi connectivity index (χ0) is 20.6. The fraction of sp³-hybridized carbons (Fsp3) is 0.0556. The lowest BCUT2D eigenvalue weighted by molar-refractivity contribution is -0.159. The number of nitrogens with one attached hydrogen (secondary N) is 1. The lowest BCUT2D eigenvalue weighted by atomic mass is 10.2. The molecule has 8 nitrogen and oxygen atoms in total. The standard InChI is InChI=1S/C18H9F3N6O2/c19-18(20,21)17-25-15(26-29-17)11-3-6-14-24-13(9-27(14)8-11)16(28)23-12-4-1-10(7-22)2-5-12/h1-6,8-9H,(H,23,28). The van der Waals surface area contributed by atoms with Crippen LogP contribution in [0.1, 0.15) is 21.9 Å². The number of amides is 1. The minimum Gasteiger partial charge on any atom is -0.329 e. The molecule has 0 saturated heterocycles. The lowest BCUT2D eigenvalue weighted by Crippen LogP contribution is -2.12. The van der Waals surface area contributed by atoms with Gasteiger partial charge in [0.1, 0.15) is 11.3 Å². The Bertz CT molecular complexity index is 1250. The van der Waals surface area contributed by atoms with Gasteiger partial charge in [0.2, 0.25) is 5.82 Å². The van der Waals surface area contributed by atoms with Crippen molar-refractivity contribution in [2.45, 2.75) is 6.18 Å². The summed E-state index contributed by atoms with van der Waals surface area (Å²) in [6.45, 7) is 0. The average Bonchev–Trinajstić information content (AvgIpc) is 3.35. The van der Waals surface area contributed by atoms with E-state index < -0.39 is 18.0 Å². The monoisotopic (exact) mass is 398 g/mol. The van der Waals surface area contributed by atoms with Gasteiger partial charge < -0.3 is 14.2 Å². The summed E-state index contributed by atoms with van der Waals surface area (Å²) in [4.78, 5) is 19.9. The molecular formula is C18H9F3N6O2. The van der Waals surface area contributed by atoms with Crippen molar-refractivity contribution in [1.29, 1.82) is 5.26 Å². The van der Waals surface area contributed by atoms with Gasteiger partial charge in [-0.05, 0) is 36.4 Å². The highest BCUT2D eigenvalue weighted by Gasteiger charge is 2.38. The van der Waals surface area contributed by atoms with Crippen LogP contribution in [0.5, 0.6) is 0 Å².